The summed E-state index contributed by atoms with van der Waals surface area (Å²) in [6.07, 6.45) is 0. The molecule has 0 aliphatic rings. The van der Waals surface area contributed by atoms with Crippen LogP contribution in [0, 0.1) is 0 Å². The van der Waals surface area contributed by atoms with Crippen LogP contribution in [0.2, 0.25) is 0 Å². The van der Waals surface area contributed by atoms with E-state index in [9.17, 15) is 0 Å². The first-order valence-electron chi connectivity index (χ1n) is 19.7. The number of benzene rings is 9. The minimum absolute atomic E-state index is 0.891. The summed E-state index contributed by atoms with van der Waals surface area (Å²) < 4.78 is 11.8. The van der Waals surface area contributed by atoms with E-state index in [1.165, 1.54) is 42.2 Å². The van der Waals surface area contributed by atoms with Gasteiger partial charge in [-0.3, -0.25) is 0 Å². The summed E-state index contributed by atoms with van der Waals surface area (Å²) in [7, 11) is 0. The molecular formula is C54H34N2OS. The van der Waals surface area contributed by atoms with Crippen LogP contribution in [0.15, 0.2) is 211 Å². The lowest BCUT2D eigenvalue weighted by molar-refractivity contribution is 0.671. The molecule has 3 nitrogen and oxygen atoms in total. The van der Waals surface area contributed by atoms with Crippen molar-refractivity contribution in [3.63, 3.8) is 0 Å². The Bertz CT molecular complexity index is 3500. The van der Waals surface area contributed by atoms with Crippen LogP contribution < -0.4 is 4.90 Å². The van der Waals surface area contributed by atoms with Gasteiger partial charge in [-0.05, 0) is 89.0 Å². The van der Waals surface area contributed by atoms with E-state index in [4.69, 9.17) is 4.42 Å². The second-order valence-electron chi connectivity index (χ2n) is 14.9. The smallest absolute Gasteiger partial charge is 0.160 e. The van der Waals surface area contributed by atoms with Crippen molar-refractivity contribution < 1.29 is 4.42 Å². The van der Waals surface area contributed by atoms with E-state index in [0.29, 0.717) is 0 Å². The van der Waals surface area contributed by atoms with Crippen LogP contribution in [-0.2, 0) is 0 Å². The molecule has 0 aliphatic heterocycles. The molecule has 0 N–H and O–H groups in total. The molecule has 0 atom stereocenters. The summed E-state index contributed by atoms with van der Waals surface area (Å²) >= 11 is 1.87. The summed E-state index contributed by atoms with van der Waals surface area (Å²) in [5.41, 5.74) is 13.0. The molecule has 0 saturated carbocycles. The van der Waals surface area contributed by atoms with Crippen molar-refractivity contribution in [3.8, 4) is 27.9 Å². The van der Waals surface area contributed by atoms with Gasteiger partial charge in [-0.25, -0.2) is 0 Å². The molecule has 0 saturated heterocycles. The highest BCUT2D eigenvalue weighted by Crippen LogP contribution is 2.46. The number of hydrogen-bond acceptors (Lipinski definition) is 3. The van der Waals surface area contributed by atoms with Gasteiger partial charge in [0.05, 0.1) is 11.0 Å². The Morgan fingerprint density at radius 1 is 0.414 bits per heavy atom. The van der Waals surface area contributed by atoms with Crippen LogP contribution in [0.25, 0.3) is 91.9 Å². The number of aromatic nitrogens is 1. The second-order valence-corrected chi connectivity index (χ2v) is 15.9. The molecule has 58 heavy (non-hydrogen) atoms. The number of hydrogen-bond donors (Lipinski definition) is 0. The topological polar surface area (TPSA) is 21.3 Å². The molecule has 0 amide bonds. The van der Waals surface area contributed by atoms with Gasteiger partial charge in [-0.1, -0.05) is 140 Å². The molecule has 0 fully saturated rings. The third kappa shape index (κ3) is 5.12. The zero-order valence-corrected chi connectivity index (χ0v) is 32.2. The van der Waals surface area contributed by atoms with Gasteiger partial charge in [-0.2, -0.15) is 0 Å². The number of thiophene rings is 1. The van der Waals surface area contributed by atoms with Gasteiger partial charge in [0.2, 0.25) is 0 Å². The van der Waals surface area contributed by atoms with E-state index in [1.807, 2.05) is 17.4 Å². The second kappa shape index (κ2) is 13.1. The Balaban J connectivity index is 1.17. The molecule has 0 aliphatic carbocycles. The molecule has 0 unspecified atom stereocenters. The maximum Gasteiger partial charge on any atom is 0.160 e. The fraction of sp³-hybridized carbons (Fsp3) is 0. The van der Waals surface area contributed by atoms with E-state index in [-0.39, 0.29) is 0 Å². The lowest BCUT2D eigenvalue weighted by atomic mass is 10.00. The number of anilines is 3. The Morgan fingerprint density at radius 3 is 1.91 bits per heavy atom. The van der Waals surface area contributed by atoms with Gasteiger partial charge in [0, 0.05) is 64.5 Å². The molecule has 272 valence electrons. The number of fused-ring (bicyclic) bond motifs is 10. The molecule has 0 spiro atoms. The van der Waals surface area contributed by atoms with E-state index in [2.05, 4.69) is 210 Å². The van der Waals surface area contributed by atoms with Crippen molar-refractivity contribution >= 4 is 92.3 Å². The van der Waals surface area contributed by atoms with Crippen LogP contribution in [0.5, 0.6) is 0 Å². The fourth-order valence-electron chi connectivity index (χ4n) is 8.94. The molecule has 12 aromatic rings. The van der Waals surface area contributed by atoms with Gasteiger partial charge in [-0.15, -0.1) is 11.3 Å². The highest BCUT2D eigenvalue weighted by atomic mass is 32.1. The van der Waals surface area contributed by atoms with Crippen molar-refractivity contribution in [2.75, 3.05) is 4.90 Å². The van der Waals surface area contributed by atoms with Crippen molar-refractivity contribution in [2.24, 2.45) is 0 Å². The maximum atomic E-state index is 6.80. The first kappa shape index (κ1) is 32.8. The summed E-state index contributed by atoms with van der Waals surface area (Å²) in [4.78, 5) is 2.39. The van der Waals surface area contributed by atoms with Gasteiger partial charge < -0.3 is 13.9 Å². The van der Waals surface area contributed by atoms with E-state index < -0.39 is 0 Å². The first-order valence-corrected chi connectivity index (χ1v) is 20.5. The first-order chi connectivity index (χ1) is 28.8. The standard InChI is InChI=1S/C54H34N2OS/c1-3-14-35(15-4-1)36-26-28-39(29-27-36)55(38-16-5-2-6-17-38)40-32-37(42-21-13-22-48-45-20-9-12-25-51(45)58-54(42)48)33-41(34-40)56-49-23-10-7-18-43(49)46-30-31-47-44-19-8-11-24-50(44)57-53(47)52(46)56/h1-34H. The average molecular weight is 759 g/mol. The van der Waals surface area contributed by atoms with Crippen LogP contribution in [0.3, 0.4) is 0 Å². The van der Waals surface area contributed by atoms with Gasteiger partial charge in [0.25, 0.3) is 0 Å². The summed E-state index contributed by atoms with van der Waals surface area (Å²) in [6.45, 7) is 0. The molecule has 3 aromatic heterocycles. The van der Waals surface area contributed by atoms with Crippen LogP contribution in [-0.4, -0.2) is 4.57 Å². The molecular weight excluding hydrogens is 725 g/mol. The Kier molecular flexibility index (Phi) is 7.40. The normalized spacial score (nSPS) is 11.8. The molecule has 9 aromatic carbocycles. The average Bonchev–Trinajstić information content (AvgIpc) is 3.97. The largest absolute Gasteiger partial charge is 0.454 e. The van der Waals surface area contributed by atoms with Crippen molar-refractivity contribution in [2.45, 2.75) is 0 Å². The van der Waals surface area contributed by atoms with Gasteiger partial charge >= 0.3 is 0 Å². The van der Waals surface area contributed by atoms with Gasteiger partial charge in [0.15, 0.2) is 5.58 Å². The molecule has 0 radical (unpaired) electrons. The lowest BCUT2D eigenvalue weighted by Crippen LogP contribution is -2.11. The summed E-state index contributed by atoms with van der Waals surface area (Å²) in [6, 6.07) is 74.4. The fourth-order valence-corrected chi connectivity index (χ4v) is 10.2. The Labute approximate surface area is 338 Å². The number of nitrogens with zero attached hydrogens (tertiary/aromatic N) is 2. The highest BCUT2D eigenvalue weighted by molar-refractivity contribution is 7.26. The number of furan rings is 1. The van der Waals surface area contributed by atoms with Gasteiger partial charge in [0.1, 0.15) is 5.58 Å². The minimum Gasteiger partial charge on any atom is -0.454 e. The monoisotopic (exact) mass is 758 g/mol. The van der Waals surface area contributed by atoms with Crippen LogP contribution >= 0.6 is 11.3 Å². The lowest BCUT2D eigenvalue weighted by Gasteiger charge is -2.27. The third-order valence-corrected chi connectivity index (χ3v) is 12.8. The molecule has 0 bridgehead atoms. The number of rotatable bonds is 6. The molecule has 4 heteroatoms. The minimum atomic E-state index is 0.891. The van der Waals surface area contributed by atoms with Crippen molar-refractivity contribution in [1.82, 2.24) is 4.57 Å². The Hall–Kier alpha value is -7.40. The molecule has 3 heterocycles. The zero-order valence-electron chi connectivity index (χ0n) is 31.3. The van der Waals surface area contributed by atoms with Crippen molar-refractivity contribution in [1.29, 1.82) is 0 Å². The quantitative estimate of drug-likeness (QED) is 0.168. The van der Waals surface area contributed by atoms with Crippen molar-refractivity contribution in [3.05, 3.63) is 206 Å². The Morgan fingerprint density at radius 2 is 1.07 bits per heavy atom. The predicted octanol–water partition coefficient (Wildman–Crippen LogP) is 15.9. The predicted molar refractivity (Wildman–Crippen MR) is 247 cm³/mol. The van der Waals surface area contributed by atoms with E-state index in [1.54, 1.807) is 0 Å². The summed E-state index contributed by atoms with van der Waals surface area (Å²) in [5, 5.41) is 7.16. The third-order valence-electron chi connectivity index (χ3n) is 11.6. The maximum absolute atomic E-state index is 6.80. The SMILES string of the molecule is c1ccc(-c2ccc(N(c3ccccc3)c3cc(-c4cccc5c4sc4ccccc45)cc(-n4c5ccccc5c5ccc6c7ccccc7oc6c54)c3)cc2)cc1. The summed E-state index contributed by atoms with van der Waals surface area (Å²) in [5.74, 6) is 0. The highest BCUT2D eigenvalue weighted by Gasteiger charge is 2.22. The van der Waals surface area contributed by atoms with Crippen LogP contribution in [0.1, 0.15) is 0 Å². The van der Waals surface area contributed by atoms with E-state index >= 15 is 0 Å². The van der Waals surface area contributed by atoms with E-state index in [0.717, 1.165) is 66.7 Å². The molecule has 12 rings (SSSR count). The van der Waals surface area contributed by atoms with Crippen LogP contribution in [0.4, 0.5) is 17.1 Å². The number of para-hydroxylation sites is 3. The zero-order chi connectivity index (χ0) is 38.2.